The van der Waals surface area contributed by atoms with Crippen molar-refractivity contribution in [1.29, 1.82) is 0 Å². The largest absolute Gasteiger partial charge is 0.462 e. The van der Waals surface area contributed by atoms with Gasteiger partial charge in [0.05, 0.1) is 13.2 Å². The Morgan fingerprint density at radius 1 is 0.600 bits per heavy atom. The fourth-order valence-corrected chi connectivity index (χ4v) is 6.12. The van der Waals surface area contributed by atoms with Crippen molar-refractivity contribution in [3.63, 3.8) is 0 Å². The maximum atomic E-state index is 12.7. The molecule has 10 nitrogen and oxygen atoms in total. The van der Waals surface area contributed by atoms with Crippen molar-refractivity contribution >= 4 is 11.9 Å². The average Bonchev–Trinajstić information content (AvgIpc) is 3.11. The molecular formula is C40H74O10. The van der Waals surface area contributed by atoms with Gasteiger partial charge in [0, 0.05) is 12.8 Å². The highest BCUT2D eigenvalue weighted by Crippen LogP contribution is 2.22. The fourth-order valence-electron chi connectivity index (χ4n) is 6.12. The van der Waals surface area contributed by atoms with E-state index in [0.29, 0.717) is 6.42 Å². The Morgan fingerprint density at radius 2 is 1.06 bits per heavy atom. The molecule has 1 fully saturated rings. The van der Waals surface area contributed by atoms with Crippen molar-refractivity contribution in [1.82, 2.24) is 0 Å². The molecule has 2 unspecified atom stereocenters. The first kappa shape index (κ1) is 46.5. The molecule has 1 aliphatic heterocycles. The maximum absolute atomic E-state index is 12.7. The van der Waals surface area contributed by atoms with Crippen molar-refractivity contribution in [2.24, 2.45) is 0 Å². The number of esters is 2. The van der Waals surface area contributed by atoms with Gasteiger partial charge >= 0.3 is 11.9 Å². The highest BCUT2D eigenvalue weighted by atomic mass is 16.7. The summed E-state index contributed by atoms with van der Waals surface area (Å²) < 4.78 is 22.1. The zero-order valence-electron chi connectivity index (χ0n) is 31.7. The molecule has 0 aromatic carbocycles. The molecule has 0 aromatic rings. The zero-order valence-corrected chi connectivity index (χ0v) is 31.7. The lowest BCUT2D eigenvalue weighted by Crippen LogP contribution is -2.59. The first-order chi connectivity index (χ1) is 24.3. The van der Waals surface area contributed by atoms with Crippen molar-refractivity contribution in [3.05, 3.63) is 12.2 Å². The topological polar surface area (TPSA) is 152 Å². The normalized spacial score (nSPS) is 21.4. The summed E-state index contributed by atoms with van der Waals surface area (Å²) in [4.78, 5) is 25.2. The van der Waals surface area contributed by atoms with Crippen LogP contribution in [-0.4, -0.2) is 89.0 Å². The molecule has 0 saturated carbocycles. The van der Waals surface area contributed by atoms with Gasteiger partial charge in [-0.25, -0.2) is 0 Å². The molecule has 0 radical (unpaired) electrons. The minimum Gasteiger partial charge on any atom is -0.462 e. The Morgan fingerprint density at radius 3 is 1.58 bits per heavy atom. The number of rotatable bonds is 33. The van der Waals surface area contributed by atoms with Gasteiger partial charge in [-0.15, -0.1) is 0 Å². The van der Waals surface area contributed by atoms with Gasteiger partial charge in [-0.05, 0) is 38.5 Å². The Kier molecular flexibility index (Phi) is 29.8. The van der Waals surface area contributed by atoms with Crippen molar-refractivity contribution in [2.45, 2.75) is 211 Å². The van der Waals surface area contributed by atoms with Gasteiger partial charge < -0.3 is 39.4 Å². The van der Waals surface area contributed by atoms with Gasteiger partial charge in [0.1, 0.15) is 31.0 Å². The van der Waals surface area contributed by atoms with Crippen LogP contribution in [0.15, 0.2) is 12.2 Å². The summed E-state index contributed by atoms with van der Waals surface area (Å²) >= 11 is 0. The summed E-state index contributed by atoms with van der Waals surface area (Å²) in [6.07, 6.45) is 23.7. The van der Waals surface area contributed by atoms with E-state index in [2.05, 4.69) is 26.0 Å². The van der Waals surface area contributed by atoms with Crippen LogP contribution in [-0.2, 0) is 28.5 Å². The van der Waals surface area contributed by atoms with Gasteiger partial charge in [0.25, 0.3) is 0 Å². The van der Waals surface area contributed by atoms with Crippen LogP contribution in [0.3, 0.4) is 0 Å². The van der Waals surface area contributed by atoms with Crippen LogP contribution in [0.2, 0.25) is 0 Å². The lowest BCUT2D eigenvalue weighted by atomic mass is 9.99. The Hall–Kier alpha value is -1.56. The first-order valence-electron chi connectivity index (χ1n) is 20.3. The molecule has 0 spiro atoms. The lowest BCUT2D eigenvalue weighted by molar-refractivity contribution is -0.305. The maximum Gasteiger partial charge on any atom is 0.306 e. The summed E-state index contributed by atoms with van der Waals surface area (Å²) in [7, 11) is 0. The van der Waals surface area contributed by atoms with Crippen molar-refractivity contribution < 1.29 is 49.0 Å². The number of aliphatic hydroxyl groups excluding tert-OH is 4. The number of allylic oxidation sites excluding steroid dienone is 2. The summed E-state index contributed by atoms with van der Waals surface area (Å²) in [6.45, 7) is 3.38. The second-order valence-electron chi connectivity index (χ2n) is 14.1. The van der Waals surface area contributed by atoms with Gasteiger partial charge in [-0.3, -0.25) is 9.59 Å². The Labute approximate surface area is 303 Å². The second-order valence-corrected chi connectivity index (χ2v) is 14.1. The predicted octanol–water partition coefficient (Wildman–Crippen LogP) is 7.61. The third-order valence-electron chi connectivity index (χ3n) is 9.40. The van der Waals surface area contributed by atoms with E-state index in [9.17, 15) is 30.0 Å². The van der Waals surface area contributed by atoms with Crippen LogP contribution in [0.4, 0.5) is 0 Å². The van der Waals surface area contributed by atoms with E-state index in [1.54, 1.807) is 0 Å². The summed E-state index contributed by atoms with van der Waals surface area (Å²) in [5.74, 6) is -0.809. The van der Waals surface area contributed by atoms with Crippen molar-refractivity contribution in [2.75, 3.05) is 19.8 Å². The van der Waals surface area contributed by atoms with Crippen LogP contribution < -0.4 is 0 Å². The first-order valence-corrected chi connectivity index (χ1v) is 20.3. The number of unbranched alkanes of at least 4 members (excludes halogenated alkanes) is 20. The summed E-state index contributed by atoms with van der Waals surface area (Å²) in [6, 6.07) is 0. The van der Waals surface area contributed by atoms with Crippen LogP contribution in [0, 0.1) is 0 Å². The Balaban J connectivity index is 2.36. The molecule has 1 aliphatic rings. The van der Waals surface area contributed by atoms with E-state index in [0.717, 1.165) is 51.4 Å². The number of aliphatic hydroxyl groups is 4. The predicted molar refractivity (Wildman–Crippen MR) is 196 cm³/mol. The molecule has 0 aliphatic carbocycles. The second kappa shape index (κ2) is 32.1. The molecule has 1 heterocycles. The molecule has 1 rings (SSSR count). The number of carbonyl (C=O) groups is 2. The number of hydrogen-bond donors (Lipinski definition) is 4. The highest BCUT2D eigenvalue weighted by Gasteiger charge is 2.44. The number of hydrogen-bond acceptors (Lipinski definition) is 10. The Bertz CT molecular complexity index is 835. The van der Waals surface area contributed by atoms with Crippen LogP contribution in [0.5, 0.6) is 0 Å². The molecule has 50 heavy (non-hydrogen) atoms. The molecule has 0 bridgehead atoms. The van der Waals surface area contributed by atoms with Crippen LogP contribution in [0.1, 0.15) is 174 Å². The highest BCUT2D eigenvalue weighted by molar-refractivity contribution is 5.70. The average molecular weight is 715 g/mol. The zero-order chi connectivity index (χ0) is 36.7. The van der Waals surface area contributed by atoms with Gasteiger partial charge in [0.2, 0.25) is 0 Å². The van der Waals surface area contributed by atoms with Crippen LogP contribution in [0.25, 0.3) is 0 Å². The standard InChI is InChI=1S/C40H74O10/c1-3-5-7-9-11-13-15-16-17-18-19-21-22-24-26-28-35(42)47-31-33(32-48-40-39(46)38(45)37(44)34(30-41)50-40)49-36(43)29-27-25-23-20-14-12-10-8-6-4-2/h13,15,33-34,37-41,44-46H,3-12,14,16-32H2,1-2H3/b15-13+/t33-,34-,37+,38?,39?,40-/m0/s1. The van der Waals surface area contributed by atoms with E-state index >= 15 is 0 Å². The monoisotopic (exact) mass is 715 g/mol. The molecule has 1 saturated heterocycles. The molecule has 0 amide bonds. The van der Waals surface area contributed by atoms with E-state index in [1.165, 1.54) is 89.9 Å². The number of ether oxygens (including phenoxy) is 4. The van der Waals surface area contributed by atoms with E-state index in [4.69, 9.17) is 18.9 Å². The van der Waals surface area contributed by atoms with Crippen molar-refractivity contribution in [3.8, 4) is 0 Å². The minimum atomic E-state index is -1.59. The van der Waals surface area contributed by atoms with E-state index in [1.807, 2.05) is 0 Å². The van der Waals surface area contributed by atoms with Gasteiger partial charge in [0.15, 0.2) is 12.4 Å². The van der Waals surface area contributed by atoms with Gasteiger partial charge in [-0.1, -0.05) is 135 Å². The minimum absolute atomic E-state index is 0.215. The number of carbonyl (C=O) groups excluding carboxylic acids is 2. The quantitative estimate of drug-likeness (QED) is 0.0304. The smallest absolute Gasteiger partial charge is 0.306 e. The molecule has 0 aromatic heterocycles. The fraction of sp³-hybridized carbons (Fsp3) is 0.900. The molecule has 294 valence electrons. The molecule has 10 heteroatoms. The SMILES string of the molecule is CCCCCC/C=C/CCCCCCCCCC(=O)OC[C@@H](CO[C@H]1O[C@@H](CO)[C@@H](O)C(O)C1O)OC(=O)CCCCCCCCCCCC. The molecular weight excluding hydrogens is 640 g/mol. The summed E-state index contributed by atoms with van der Waals surface area (Å²) in [5, 5.41) is 39.9. The van der Waals surface area contributed by atoms with E-state index < -0.39 is 49.4 Å². The molecule has 4 N–H and O–H groups in total. The molecule has 6 atom stereocenters. The lowest BCUT2D eigenvalue weighted by Gasteiger charge is -2.39. The summed E-state index contributed by atoms with van der Waals surface area (Å²) in [5.41, 5.74) is 0. The third-order valence-corrected chi connectivity index (χ3v) is 9.40. The van der Waals surface area contributed by atoms with E-state index in [-0.39, 0.29) is 32.0 Å². The van der Waals surface area contributed by atoms with Crippen LogP contribution >= 0.6 is 0 Å². The third kappa shape index (κ3) is 23.8. The van der Waals surface area contributed by atoms with Gasteiger partial charge in [-0.2, -0.15) is 0 Å².